The van der Waals surface area contributed by atoms with Crippen molar-refractivity contribution in [3.8, 4) is 0 Å². The number of nitrogens with zero attached hydrogens (tertiary/aromatic N) is 1. The van der Waals surface area contributed by atoms with Crippen molar-refractivity contribution in [2.75, 3.05) is 13.2 Å². The first-order valence-electron chi connectivity index (χ1n) is 8.52. The second-order valence-corrected chi connectivity index (χ2v) is 7.11. The second kappa shape index (κ2) is 7.31. The highest BCUT2D eigenvalue weighted by atomic mass is 16.5. The van der Waals surface area contributed by atoms with Gasteiger partial charge < -0.3 is 4.74 Å². The van der Waals surface area contributed by atoms with E-state index in [0.29, 0.717) is 31.5 Å². The number of hydrogen-bond donors (Lipinski definition) is 0. The third-order valence-corrected chi connectivity index (χ3v) is 4.73. The van der Waals surface area contributed by atoms with Gasteiger partial charge in [0.1, 0.15) is 12.0 Å². The fourth-order valence-electron chi connectivity index (χ4n) is 3.52. The van der Waals surface area contributed by atoms with Crippen LogP contribution in [0.4, 0.5) is 0 Å². The number of benzene rings is 1. The topological polar surface area (TPSA) is 29.5 Å². The average Bonchev–Trinajstić information content (AvgIpc) is 2.48. The first-order chi connectivity index (χ1) is 10.9. The molecule has 0 heterocycles. The minimum Gasteiger partial charge on any atom is -0.464 e. The van der Waals surface area contributed by atoms with Crippen molar-refractivity contribution in [2.24, 2.45) is 0 Å². The lowest BCUT2D eigenvalue weighted by Crippen LogP contribution is -2.46. The number of rotatable bonds is 7. The van der Waals surface area contributed by atoms with E-state index in [2.05, 4.69) is 39.2 Å². The zero-order valence-corrected chi connectivity index (χ0v) is 14.8. The van der Waals surface area contributed by atoms with Crippen molar-refractivity contribution < 1.29 is 9.53 Å². The van der Waals surface area contributed by atoms with E-state index in [1.807, 2.05) is 30.3 Å². The molecule has 1 aromatic rings. The zero-order valence-electron chi connectivity index (χ0n) is 14.8. The van der Waals surface area contributed by atoms with Crippen molar-refractivity contribution in [1.82, 2.24) is 4.90 Å². The second-order valence-electron chi connectivity index (χ2n) is 7.11. The van der Waals surface area contributed by atoms with E-state index in [1.165, 1.54) is 0 Å². The quantitative estimate of drug-likeness (QED) is 0.564. The van der Waals surface area contributed by atoms with Crippen LogP contribution in [0.1, 0.15) is 46.1 Å². The molecule has 0 radical (unpaired) electrons. The van der Waals surface area contributed by atoms with Gasteiger partial charge in [0.15, 0.2) is 0 Å². The Labute approximate surface area is 140 Å². The van der Waals surface area contributed by atoms with E-state index in [4.69, 9.17) is 4.74 Å². The molecule has 23 heavy (non-hydrogen) atoms. The Morgan fingerprint density at radius 3 is 2.22 bits per heavy atom. The van der Waals surface area contributed by atoms with E-state index >= 15 is 0 Å². The predicted molar refractivity (Wildman–Crippen MR) is 94.4 cm³/mol. The maximum absolute atomic E-state index is 12.7. The fraction of sp³-hybridized carbons (Fsp3) is 0.550. The van der Waals surface area contributed by atoms with Crippen LogP contribution in [0.3, 0.4) is 0 Å². The number of allylic oxidation sites excluding steroid dienone is 1. The molecule has 1 fully saturated rings. The number of esters is 1. The van der Waals surface area contributed by atoms with Crippen molar-refractivity contribution in [1.29, 1.82) is 0 Å². The van der Waals surface area contributed by atoms with Gasteiger partial charge in [-0.2, -0.15) is 0 Å². The number of carbonyl (C=O) groups excluding carboxylic acids is 1. The molecule has 0 N–H and O–H groups in total. The first-order valence-corrected chi connectivity index (χ1v) is 8.52. The van der Waals surface area contributed by atoms with E-state index < -0.39 is 5.41 Å². The highest BCUT2D eigenvalue weighted by Crippen LogP contribution is 2.47. The van der Waals surface area contributed by atoms with Crippen LogP contribution in [0.5, 0.6) is 0 Å². The van der Waals surface area contributed by atoms with Gasteiger partial charge in [-0.1, -0.05) is 42.5 Å². The Morgan fingerprint density at radius 1 is 1.17 bits per heavy atom. The Bertz CT molecular complexity index is 532. The van der Waals surface area contributed by atoms with Crippen LogP contribution in [0, 0.1) is 0 Å². The third kappa shape index (κ3) is 3.84. The van der Waals surface area contributed by atoms with Gasteiger partial charge >= 0.3 is 5.97 Å². The largest absolute Gasteiger partial charge is 0.464 e. The molecular formula is C20H29NO2. The van der Waals surface area contributed by atoms with Crippen LogP contribution in [-0.2, 0) is 14.9 Å². The molecule has 0 saturated heterocycles. The molecule has 0 atom stereocenters. The van der Waals surface area contributed by atoms with E-state index in [-0.39, 0.29) is 5.97 Å². The molecule has 2 rings (SSSR count). The van der Waals surface area contributed by atoms with E-state index in [1.54, 1.807) is 0 Å². The number of hydrogen-bond acceptors (Lipinski definition) is 3. The molecule has 0 amide bonds. The Hall–Kier alpha value is -1.61. The lowest BCUT2D eigenvalue weighted by molar-refractivity contribution is -0.153. The zero-order chi connectivity index (χ0) is 17.0. The summed E-state index contributed by atoms with van der Waals surface area (Å²) >= 11 is 0. The molecule has 0 aliphatic heterocycles. The molecular weight excluding hydrogens is 286 g/mol. The van der Waals surface area contributed by atoms with Crippen LogP contribution >= 0.6 is 0 Å². The molecule has 3 nitrogen and oxygen atoms in total. The molecule has 0 bridgehead atoms. The molecule has 1 aliphatic carbocycles. The average molecular weight is 315 g/mol. The number of ether oxygens (including phenoxy) is 1. The lowest BCUT2D eigenvalue weighted by atomic mass is 9.62. The van der Waals surface area contributed by atoms with Gasteiger partial charge in [-0.05, 0) is 46.1 Å². The highest BCUT2D eigenvalue weighted by molar-refractivity contribution is 5.86. The van der Waals surface area contributed by atoms with Gasteiger partial charge in [-0.15, -0.1) is 0 Å². The Balaban J connectivity index is 1.99. The first kappa shape index (κ1) is 17.7. The van der Waals surface area contributed by atoms with Gasteiger partial charge in [-0.3, -0.25) is 9.69 Å². The summed E-state index contributed by atoms with van der Waals surface area (Å²) < 4.78 is 5.66. The Kier molecular flexibility index (Phi) is 5.64. The number of carbonyl (C=O) groups is 1. The summed E-state index contributed by atoms with van der Waals surface area (Å²) in [6.07, 6.45) is 1.40. The normalized spacial score (nSPS) is 16.7. The molecule has 0 aromatic heterocycles. The van der Waals surface area contributed by atoms with Gasteiger partial charge in [-0.25, -0.2) is 0 Å². The predicted octanol–water partition coefficient (Wildman–Crippen LogP) is 3.94. The van der Waals surface area contributed by atoms with Crippen LogP contribution < -0.4 is 0 Å². The third-order valence-electron chi connectivity index (χ3n) is 4.73. The Morgan fingerprint density at radius 2 is 1.74 bits per heavy atom. The van der Waals surface area contributed by atoms with Gasteiger partial charge in [0.05, 0.1) is 0 Å². The summed E-state index contributed by atoms with van der Waals surface area (Å²) in [7, 11) is 0. The molecule has 126 valence electrons. The van der Waals surface area contributed by atoms with Crippen molar-refractivity contribution >= 4 is 5.97 Å². The highest BCUT2D eigenvalue weighted by Gasteiger charge is 2.49. The standard InChI is InChI=1S/C20H29NO2/c1-15(2)21(16(3)4)11-12-23-19(22)20(13-17(5)14-20)18-9-7-6-8-10-18/h6-10,15-16H,5,11-14H2,1-4H3. The van der Waals surface area contributed by atoms with Gasteiger partial charge in [0.25, 0.3) is 0 Å². The molecule has 1 aromatic carbocycles. The fourth-order valence-corrected chi connectivity index (χ4v) is 3.52. The summed E-state index contributed by atoms with van der Waals surface area (Å²) in [5.41, 5.74) is 1.65. The molecule has 1 aliphatic rings. The monoisotopic (exact) mass is 315 g/mol. The van der Waals surface area contributed by atoms with Crippen molar-refractivity contribution in [3.05, 3.63) is 48.0 Å². The minimum atomic E-state index is -0.515. The van der Waals surface area contributed by atoms with E-state index in [9.17, 15) is 4.79 Å². The SMILES string of the molecule is C=C1CC(C(=O)OCCN(C(C)C)C(C)C)(c2ccccc2)C1. The van der Waals surface area contributed by atoms with Crippen molar-refractivity contribution in [2.45, 2.75) is 58.0 Å². The minimum absolute atomic E-state index is 0.108. The summed E-state index contributed by atoms with van der Waals surface area (Å²) in [5.74, 6) is -0.108. The van der Waals surface area contributed by atoms with Crippen LogP contribution in [-0.4, -0.2) is 36.1 Å². The van der Waals surface area contributed by atoms with Crippen molar-refractivity contribution in [3.63, 3.8) is 0 Å². The summed E-state index contributed by atoms with van der Waals surface area (Å²) in [6, 6.07) is 10.8. The summed E-state index contributed by atoms with van der Waals surface area (Å²) in [6.45, 7) is 13.9. The summed E-state index contributed by atoms with van der Waals surface area (Å²) in [5, 5.41) is 0. The molecule has 0 spiro atoms. The van der Waals surface area contributed by atoms with E-state index in [0.717, 1.165) is 17.7 Å². The lowest BCUT2D eigenvalue weighted by Gasteiger charge is -2.41. The van der Waals surface area contributed by atoms with Gasteiger partial charge in [0.2, 0.25) is 0 Å². The summed E-state index contributed by atoms with van der Waals surface area (Å²) in [4.78, 5) is 15.1. The maximum Gasteiger partial charge on any atom is 0.317 e. The van der Waals surface area contributed by atoms with Crippen LogP contribution in [0.2, 0.25) is 0 Å². The smallest absolute Gasteiger partial charge is 0.317 e. The van der Waals surface area contributed by atoms with Gasteiger partial charge in [0, 0.05) is 18.6 Å². The van der Waals surface area contributed by atoms with Crippen LogP contribution in [0.25, 0.3) is 0 Å². The van der Waals surface area contributed by atoms with Crippen LogP contribution in [0.15, 0.2) is 42.5 Å². The molecule has 3 heteroatoms. The molecule has 1 saturated carbocycles. The molecule has 0 unspecified atom stereocenters. The maximum atomic E-state index is 12.7.